The predicted molar refractivity (Wildman–Crippen MR) is 94.5 cm³/mol. The fourth-order valence-electron chi connectivity index (χ4n) is 3.82. The van der Waals surface area contributed by atoms with Crippen molar-refractivity contribution in [3.8, 4) is 0 Å². The lowest BCUT2D eigenvalue weighted by Gasteiger charge is -2.30. The molecule has 1 aliphatic heterocycles. The first-order chi connectivity index (χ1) is 11.7. The summed E-state index contributed by atoms with van der Waals surface area (Å²) in [4.78, 5) is 26.1. The molecule has 0 radical (unpaired) electrons. The van der Waals surface area contributed by atoms with E-state index < -0.39 is 0 Å². The predicted octanol–water partition coefficient (Wildman–Crippen LogP) is 2.56. The van der Waals surface area contributed by atoms with Crippen LogP contribution in [0.5, 0.6) is 0 Å². The summed E-state index contributed by atoms with van der Waals surface area (Å²) in [6, 6.07) is 8.21. The van der Waals surface area contributed by atoms with E-state index in [0.29, 0.717) is 12.3 Å². The van der Waals surface area contributed by atoms with E-state index >= 15 is 0 Å². The normalized spacial score (nSPS) is 17.4. The van der Waals surface area contributed by atoms with E-state index in [-0.39, 0.29) is 18.4 Å². The summed E-state index contributed by atoms with van der Waals surface area (Å²) in [6.45, 7) is 1.15. The first kappa shape index (κ1) is 16.8. The van der Waals surface area contributed by atoms with Crippen LogP contribution < -0.4 is 15.8 Å². The third-order valence-corrected chi connectivity index (χ3v) is 5.14. The van der Waals surface area contributed by atoms with Crippen LogP contribution in [-0.2, 0) is 16.0 Å². The second-order valence-corrected chi connectivity index (χ2v) is 6.94. The van der Waals surface area contributed by atoms with Gasteiger partial charge in [-0.1, -0.05) is 43.9 Å². The molecule has 0 unspecified atom stereocenters. The van der Waals surface area contributed by atoms with Gasteiger partial charge in [-0.3, -0.25) is 20.4 Å². The Morgan fingerprint density at radius 2 is 1.79 bits per heavy atom. The molecule has 1 saturated carbocycles. The van der Waals surface area contributed by atoms with Gasteiger partial charge in [-0.05, 0) is 36.8 Å². The monoisotopic (exact) mass is 329 g/mol. The smallest absolute Gasteiger partial charge is 0.257 e. The van der Waals surface area contributed by atoms with E-state index in [0.717, 1.165) is 31.5 Å². The van der Waals surface area contributed by atoms with Crippen LogP contribution in [0.1, 0.15) is 50.5 Å². The van der Waals surface area contributed by atoms with Gasteiger partial charge in [-0.15, -0.1) is 0 Å². The van der Waals surface area contributed by atoms with Crippen molar-refractivity contribution in [2.75, 3.05) is 18.0 Å². The molecule has 130 valence electrons. The Morgan fingerprint density at radius 3 is 2.62 bits per heavy atom. The Kier molecular flexibility index (Phi) is 5.72. The van der Waals surface area contributed by atoms with Gasteiger partial charge in [-0.25, -0.2) is 0 Å². The van der Waals surface area contributed by atoms with Gasteiger partial charge in [0.25, 0.3) is 5.91 Å². The second-order valence-electron chi connectivity index (χ2n) is 6.94. The number of carbonyl (C=O) groups excluding carboxylic acids is 2. The van der Waals surface area contributed by atoms with E-state index in [1.54, 1.807) is 0 Å². The first-order valence-electron chi connectivity index (χ1n) is 9.13. The highest BCUT2D eigenvalue weighted by atomic mass is 16.2. The third kappa shape index (κ3) is 4.49. The van der Waals surface area contributed by atoms with E-state index in [2.05, 4.69) is 27.9 Å². The zero-order valence-electron chi connectivity index (χ0n) is 14.2. The topological polar surface area (TPSA) is 61.4 Å². The Hall–Kier alpha value is -2.04. The first-order valence-corrected chi connectivity index (χ1v) is 9.13. The van der Waals surface area contributed by atoms with E-state index in [1.807, 2.05) is 12.1 Å². The van der Waals surface area contributed by atoms with Crippen LogP contribution in [0.4, 0.5) is 5.69 Å². The average molecular weight is 329 g/mol. The number of carbonyl (C=O) groups is 2. The highest BCUT2D eigenvalue weighted by molar-refractivity contribution is 5.85. The third-order valence-electron chi connectivity index (χ3n) is 5.14. The number of rotatable bonds is 5. The van der Waals surface area contributed by atoms with Gasteiger partial charge in [-0.2, -0.15) is 0 Å². The molecule has 1 fully saturated rings. The van der Waals surface area contributed by atoms with Crippen molar-refractivity contribution in [3.63, 3.8) is 0 Å². The molecule has 5 heteroatoms. The van der Waals surface area contributed by atoms with Crippen molar-refractivity contribution in [2.45, 2.75) is 51.4 Å². The molecule has 0 bridgehead atoms. The van der Waals surface area contributed by atoms with Crippen LogP contribution in [0.25, 0.3) is 0 Å². The molecule has 2 amide bonds. The summed E-state index contributed by atoms with van der Waals surface area (Å²) in [5.74, 6) is 0.437. The number of anilines is 1. The van der Waals surface area contributed by atoms with Crippen LogP contribution in [0.2, 0.25) is 0 Å². The van der Waals surface area contributed by atoms with Crippen molar-refractivity contribution < 1.29 is 9.59 Å². The number of aryl methyl sites for hydroxylation is 1. The number of hydrogen-bond donors (Lipinski definition) is 2. The molecular formula is C19H27N3O2. The summed E-state index contributed by atoms with van der Waals surface area (Å²) in [7, 11) is 0. The number of amides is 2. The van der Waals surface area contributed by atoms with Gasteiger partial charge in [0.1, 0.15) is 0 Å². The van der Waals surface area contributed by atoms with Crippen LogP contribution in [0.3, 0.4) is 0 Å². The van der Waals surface area contributed by atoms with Gasteiger partial charge in [0.05, 0.1) is 6.54 Å². The van der Waals surface area contributed by atoms with Crippen molar-refractivity contribution in [1.82, 2.24) is 10.9 Å². The van der Waals surface area contributed by atoms with Gasteiger partial charge in [0.15, 0.2) is 0 Å². The lowest BCUT2D eigenvalue weighted by atomic mass is 10.0. The van der Waals surface area contributed by atoms with Gasteiger partial charge in [0.2, 0.25) is 5.91 Å². The summed E-state index contributed by atoms with van der Waals surface area (Å²) in [5, 5.41) is 0. The van der Waals surface area contributed by atoms with Crippen LogP contribution in [-0.4, -0.2) is 24.9 Å². The minimum Gasteiger partial charge on any atom is -0.362 e. The summed E-state index contributed by atoms with van der Waals surface area (Å²) < 4.78 is 0. The summed E-state index contributed by atoms with van der Waals surface area (Å²) >= 11 is 0. The molecule has 0 aromatic heterocycles. The minimum atomic E-state index is -0.166. The minimum absolute atomic E-state index is 0.0886. The maximum absolute atomic E-state index is 12.1. The number of hydrazine groups is 1. The highest BCUT2D eigenvalue weighted by Gasteiger charge is 2.19. The molecule has 1 aliphatic carbocycles. The van der Waals surface area contributed by atoms with Crippen LogP contribution in [0, 0.1) is 5.92 Å². The Bertz CT molecular complexity index is 582. The summed E-state index contributed by atoms with van der Waals surface area (Å²) in [6.07, 6.45) is 8.62. The van der Waals surface area contributed by atoms with Crippen molar-refractivity contribution in [3.05, 3.63) is 29.8 Å². The Labute approximate surface area is 143 Å². The van der Waals surface area contributed by atoms with E-state index in [9.17, 15) is 9.59 Å². The number of benzene rings is 1. The molecule has 0 spiro atoms. The fourth-order valence-corrected chi connectivity index (χ4v) is 3.82. The lowest BCUT2D eigenvalue weighted by molar-refractivity contribution is -0.128. The number of hydrogen-bond acceptors (Lipinski definition) is 3. The Morgan fingerprint density at radius 1 is 1.04 bits per heavy atom. The van der Waals surface area contributed by atoms with Crippen molar-refractivity contribution in [1.29, 1.82) is 0 Å². The van der Waals surface area contributed by atoms with Gasteiger partial charge < -0.3 is 4.90 Å². The number of fused-ring (bicyclic) bond motifs is 1. The molecule has 3 rings (SSSR count). The quantitative estimate of drug-likeness (QED) is 0.816. The molecule has 2 N–H and O–H groups in total. The molecule has 0 atom stereocenters. The van der Waals surface area contributed by atoms with Gasteiger partial charge in [0, 0.05) is 18.7 Å². The second kappa shape index (κ2) is 8.18. The average Bonchev–Trinajstić information content (AvgIpc) is 3.12. The maximum Gasteiger partial charge on any atom is 0.257 e. The zero-order valence-corrected chi connectivity index (χ0v) is 14.2. The van der Waals surface area contributed by atoms with E-state index in [4.69, 9.17) is 0 Å². The zero-order chi connectivity index (χ0) is 16.8. The molecule has 24 heavy (non-hydrogen) atoms. The number of nitrogens with one attached hydrogen (secondary N) is 2. The van der Waals surface area contributed by atoms with Crippen LogP contribution in [0.15, 0.2) is 24.3 Å². The molecule has 0 saturated heterocycles. The number of nitrogens with zero attached hydrogens (tertiary/aromatic N) is 1. The highest BCUT2D eigenvalue weighted by Crippen LogP contribution is 2.28. The number of para-hydroxylation sites is 1. The molecule has 1 aromatic carbocycles. The van der Waals surface area contributed by atoms with Crippen molar-refractivity contribution in [2.24, 2.45) is 5.92 Å². The standard InChI is InChI=1S/C19H27N3O2/c23-18(12-11-15-6-1-2-7-15)20-21-19(24)14-22-13-5-9-16-8-3-4-10-17(16)22/h3-4,8,10,15H,1-2,5-7,9,11-14H2,(H,20,23)(H,21,24). The fraction of sp³-hybridized carbons (Fsp3) is 0.579. The van der Waals surface area contributed by atoms with Crippen LogP contribution >= 0.6 is 0 Å². The van der Waals surface area contributed by atoms with Crippen molar-refractivity contribution >= 4 is 17.5 Å². The SMILES string of the molecule is O=C(CCC1CCCC1)NNC(=O)CN1CCCc2ccccc21. The molecule has 2 aliphatic rings. The summed E-state index contributed by atoms with van der Waals surface area (Å²) in [5.41, 5.74) is 7.53. The largest absolute Gasteiger partial charge is 0.362 e. The van der Waals surface area contributed by atoms with E-state index in [1.165, 1.54) is 31.2 Å². The Balaban J connectivity index is 1.40. The van der Waals surface area contributed by atoms with Gasteiger partial charge >= 0.3 is 0 Å². The molecule has 1 aromatic rings. The molecule has 1 heterocycles. The molecular weight excluding hydrogens is 302 g/mol. The maximum atomic E-state index is 12.1. The molecule has 5 nitrogen and oxygen atoms in total. The lowest BCUT2D eigenvalue weighted by Crippen LogP contribution is -2.47.